The Kier molecular flexibility index (Phi) is 4.12. The Morgan fingerprint density at radius 3 is 2.77 bits per heavy atom. The topological polar surface area (TPSA) is 46.2 Å². The van der Waals surface area contributed by atoms with Crippen molar-refractivity contribution in [2.45, 2.75) is 24.5 Å². The van der Waals surface area contributed by atoms with Crippen molar-refractivity contribution in [1.29, 1.82) is 0 Å². The van der Waals surface area contributed by atoms with Gasteiger partial charge in [-0.15, -0.1) is 0 Å². The molecular formula is C8H16FNO2S. The Labute approximate surface area is 78.6 Å². The maximum Gasteiger partial charge on any atom is 0.154 e. The minimum absolute atomic E-state index is 0.00412. The van der Waals surface area contributed by atoms with Gasteiger partial charge in [0.25, 0.3) is 0 Å². The molecule has 1 aliphatic rings. The van der Waals surface area contributed by atoms with Gasteiger partial charge in [0.2, 0.25) is 0 Å². The van der Waals surface area contributed by atoms with Gasteiger partial charge in [0, 0.05) is 6.54 Å². The zero-order chi connectivity index (χ0) is 9.73. The van der Waals surface area contributed by atoms with E-state index in [4.69, 9.17) is 0 Å². The molecule has 1 heterocycles. The molecule has 1 unspecified atom stereocenters. The first-order valence-corrected chi connectivity index (χ1v) is 6.36. The summed E-state index contributed by atoms with van der Waals surface area (Å²) >= 11 is 0. The van der Waals surface area contributed by atoms with Crippen LogP contribution in [0.4, 0.5) is 4.39 Å². The normalized spacial score (nSPS) is 24.5. The average Bonchev–Trinajstić information content (AvgIpc) is 2.16. The molecule has 0 aromatic heterocycles. The second-order valence-corrected chi connectivity index (χ2v) is 5.78. The van der Waals surface area contributed by atoms with Crippen molar-refractivity contribution in [2.24, 2.45) is 0 Å². The Morgan fingerprint density at radius 1 is 1.46 bits per heavy atom. The first kappa shape index (κ1) is 10.9. The van der Waals surface area contributed by atoms with Gasteiger partial charge in [0.05, 0.1) is 17.7 Å². The van der Waals surface area contributed by atoms with Crippen molar-refractivity contribution in [3.63, 3.8) is 0 Å². The monoisotopic (exact) mass is 209 g/mol. The minimum Gasteiger partial charge on any atom is -0.315 e. The number of sulfone groups is 1. The predicted octanol–water partition coefficient (Wildman–Crippen LogP) is 0.513. The van der Waals surface area contributed by atoms with E-state index in [0.717, 1.165) is 19.4 Å². The molecule has 13 heavy (non-hydrogen) atoms. The quantitative estimate of drug-likeness (QED) is 0.734. The molecular weight excluding hydrogens is 193 g/mol. The lowest BCUT2D eigenvalue weighted by Gasteiger charge is -2.22. The van der Waals surface area contributed by atoms with Crippen molar-refractivity contribution < 1.29 is 12.8 Å². The Hall–Kier alpha value is -0.160. The van der Waals surface area contributed by atoms with E-state index in [2.05, 4.69) is 5.32 Å². The number of piperidine rings is 1. The standard InChI is InChI=1S/C8H16FNO2S/c9-4-2-6-13(11,12)8-3-1-5-10-7-8/h8,10H,1-7H2. The molecule has 1 N–H and O–H groups in total. The summed E-state index contributed by atoms with van der Waals surface area (Å²) in [7, 11) is -3.05. The molecule has 0 spiro atoms. The lowest BCUT2D eigenvalue weighted by molar-refractivity contribution is 0.473. The first-order valence-electron chi connectivity index (χ1n) is 4.65. The van der Waals surface area contributed by atoms with Crippen LogP contribution in [0.5, 0.6) is 0 Å². The second kappa shape index (κ2) is 4.91. The van der Waals surface area contributed by atoms with Crippen LogP contribution in [0.25, 0.3) is 0 Å². The summed E-state index contributed by atoms with van der Waals surface area (Å²) < 4.78 is 34.9. The van der Waals surface area contributed by atoms with E-state index < -0.39 is 16.5 Å². The largest absolute Gasteiger partial charge is 0.315 e. The van der Waals surface area contributed by atoms with E-state index in [1.807, 2.05) is 0 Å². The Bertz CT molecular complexity index is 235. The van der Waals surface area contributed by atoms with E-state index in [9.17, 15) is 12.8 Å². The van der Waals surface area contributed by atoms with Crippen LogP contribution in [0.3, 0.4) is 0 Å². The highest BCUT2D eigenvalue weighted by Gasteiger charge is 2.26. The highest BCUT2D eigenvalue weighted by molar-refractivity contribution is 7.92. The number of halogens is 1. The molecule has 5 heteroatoms. The zero-order valence-electron chi connectivity index (χ0n) is 7.63. The van der Waals surface area contributed by atoms with Crippen LogP contribution >= 0.6 is 0 Å². The van der Waals surface area contributed by atoms with Crippen LogP contribution in [0, 0.1) is 0 Å². The van der Waals surface area contributed by atoms with Crippen LogP contribution in [-0.4, -0.2) is 39.2 Å². The number of hydrogen-bond donors (Lipinski definition) is 1. The van der Waals surface area contributed by atoms with Crippen LogP contribution in [0.2, 0.25) is 0 Å². The smallest absolute Gasteiger partial charge is 0.154 e. The lowest BCUT2D eigenvalue weighted by Crippen LogP contribution is -2.39. The summed E-state index contributed by atoms with van der Waals surface area (Å²) in [6.45, 7) is 0.892. The third kappa shape index (κ3) is 3.23. The SMILES string of the molecule is O=S(=O)(CCCF)C1CCCNC1. The fourth-order valence-electron chi connectivity index (χ4n) is 1.55. The average molecular weight is 209 g/mol. The van der Waals surface area contributed by atoms with Crippen LogP contribution in [0.15, 0.2) is 0 Å². The van der Waals surface area contributed by atoms with Gasteiger partial charge in [-0.2, -0.15) is 0 Å². The molecule has 1 fully saturated rings. The molecule has 3 nitrogen and oxygen atoms in total. The Balaban J connectivity index is 2.47. The van der Waals surface area contributed by atoms with E-state index >= 15 is 0 Å². The number of hydrogen-bond acceptors (Lipinski definition) is 3. The minimum atomic E-state index is -3.05. The molecule has 0 aliphatic carbocycles. The summed E-state index contributed by atoms with van der Waals surface area (Å²) in [5, 5.41) is 2.76. The molecule has 78 valence electrons. The van der Waals surface area contributed by atoms with Crippen molar-refractivity contribution >= 4 is 9.84 Å². The van der Waals surface area contributed by atoms with Gasteiger partial charge in [-0.25, -0.2) is 8.42 Å². The van der Waals surface area contributed by atoms with Crippen molar-refractivity contribution in [3.05, 3.63) is 0 Å². The van der Waals surface area contributed by atoms with E-state index in [0.29, 0.717) is 6.54 Å². The van der Waals surface area contributed by atoms with Gasteiger partial charge < -0.3 is 5.32 Å². The Morgan fingerprint density at radius 2 is 2.23 bits per heavy atom. The van der Waals surface area contributed by atoms with Gasteiger partial charge in [-0.3, -0.25) is 4.39 Å². The summed E-state index contributed by atoms with van der Waals surface area (Å²) in [4.78, 5) is 0. The molecule has 0 aromatic carbocycles. The van der Waals surface area contributed by atoms with Crippen molar-refractivity contribution in [3.8, 4) is 0 Å². The molecule has 0 aromatic rings. The third-order valence-electron chi connectivity index (χ3n) is 2.32. The van der Waals surface area contributed by atoms with Crippen LogP contribution < -0.4 is 5.32 Å². The fourth-order valence-corrected chi connectivity index (χ4v) is 3.29. The van der Waals surface area contributed by atoms with E-state index in [1.165, 1.54) is 0 Å². The number of alkyl halides is 1. The fraction of sp³-hybridized carbons (Fsp3) is 1.00. The number of rotatable bonds is 4. The zero-order valence-corrected chi connectivity index (χ0v) is 8.45. The third-order valence-corrected chi connectivity index (χ3v) is 4.60. The predicted molar refractivity (Wildman–Crippen MR) is 50.3 cm³/mol. The highest BCUT2D eigenvalue weighted by atomic mass is 32.2. The summed E-state index contributed by atoms with van der Waals surface area (Å²) in [6, 6.07) is 0. The van der Waals surface area contributed by atoms with Crippen LogP contribution in [0.1, 0.15) is 19.3 Å². The molecule has 1 saturated heterocycles. The lowest BCUT2D eigenvalue weighted by atomic mass is 10.2. The molecule has 0 radical (unpaired) electrons. The molecule has 0 saturated carbocycles. The summed E-state index contributed by atoms with van der Waals surface area (Å²) in [5.41, 5.74) is 0. The molecule has 1 rings (SSSR count). The van der Waals surface area contributed by atoms with E-state index in [-0.39, 0.29) is 17.4 Å². The van der Waals surface area contributed by atoms with Crippen LogP contribution in [-0.2, 0) is 9.84 Å². The maximum absolute atomic E-state index is 11.8. The van der Waals surface area contributed by atoms with Crippen molar-refractivity contribution in [2.75, 3.05) is 25.5 Å². The molecule has 0 bridgehead atoms. The second-order valence-electron chi connectivity index (χ2n) is 3.38. The highest BCUT2D eigenvalue weighted by Crippen LogP contribution is 2.13. The molecule has 1 atom stereocenters. The molecule has 0 amide bonds. The van der Waals surface area contributed by atoms with Gasteiger partial charge in [0.15, 0.2) is 9.84 Å². The number of nitrogens with one attached hydrogen (secondary N) is 1. The molecule has 1 aliphatic heterocycles. The first-order chi connectivity index (χ1) is 6.17. The van der Waals surface area contributed by atoms with Crippen molar-refractivity contribution in [1.82, 2.24) is 5.32 Å². The van der Waals surface area contributed by atoms with Gasteiger partial charge in [-0.05, 0) is 25.8 Å². The van der Waals surface area contributed by atoms with Gasteiger partial charge in [-0.1, -0.05) is 0 Å². The summed E-state index contributed by atoms with van der Waals surface area (Å²) in [6.07, 6.45) is 1.76. The van der Waals surface area contributed by atoms with Gasteiger partial charge in [0.1, 0.15) is 0 Å². The maximum atomic E-state index is 11.8. The summed E-state index contributed by atoms with van der Waals surface area (Å²) in [5.74, 6) is -0.00412. The van der Waals surface area contributed by atoms with E-state index in [1.54, 1.807) is 0 Å². The van der Waals surface area contributed by atoms with Gasteiger partial charge >= 0.3 is 0 Å².